The standard InChI is InChI=1S/C21H31ClN2O3/c1-3-24(15-16-25)14-4-5-17-6-10-19(11-7-17)23(2)21(26)27-20-12-8-18(22)9-13-20/h4-5,8-9,12-13,17,19,25H,3,6-7,10-11,14-16H2,1-2H3. The van der Waals surface area contributed by atoms with Gasteiger partial charge in [-0.3, -0.25) is 4.90 Å². The molecule has 0 heterocycles. The fourth-order valence-corrected chi connectivity index (χ4v) is 3.55. The largest absolute Gasteiger partial charge is 0.415 e. The van der Waals surface area contributed by atoms with Gasteiger partial charge < -0.3 is 14.7 Å². The van der Waals surface area contributed by atoms with E-state index in [2.05, 4.69) is 24.0 Å². The molecule has 0 aliphatic heterocycles. The first-order valence-electron chi connectivity index (χ1n) is 9.73. The molecule has 0 saturated heterocycles. The third-order valence-electron chi connectivity index (χ3n) is 5.23. The maximum Gasteiger partial charge on any atom is 0.415 e. The van der Waals surface area contributed by atoms with Crippen LogP contribution in [0.25, 0.3) is 0 Å². The zero-order chi connectivity index (χ0) is 19.6. The van der Waals surface area contributed by atoms with E-state index < -0.39 is 0 Å². The molecule has 0 unspecified atom stereocenters. The molecule has 0 aromatic heterocycles. The third-order valence-corrected chi connectivity index (χ3v) is 5.48. The summed E-state index contributed by atoms with van der Waals surface area (Å²) < 4.78 is 5.43. The molecular formula is C21H31ClN2O3. The molecule has 2 rings (SSSR count). The molecule has 1 aromatic rings. The van der Waals surface area contributed by atoms with E-state index >= 15 is 0 Å². The van der Waals surface area contributed by atoms with Crippen molar-refractivity contribution in [1.29, 1.82) is 0 Å². The number of hydrogen-bond donors (Lipinski definition) is 1. The Bertz CT molecular complexity index is 598. The van der Waals surface area contributed by atoms with Crippen LogP contribution in [0.3, 0.4) is 0 Å². The van der Waals surface area contributed by atoms with Gasteiger partial charge in [0.05, 0.1) is 6.61 Å². The van der Waals surface area contributed by atoms with Crippen molar-refractivity contribution in [2.24, 2.45) is 5.92 Å². The number of amides is 1. The fourth-order valence-electron chi connectivity index (χ4n) is 3.43. The Morgan fingerprint density at radius 2 is 1.93 bits per heavy atom. The summed E-state index contributed by atoms with van der Waals surface area (Å²) in [6.45, 7) is 4.84. The second-order valence-electron chi connectivity index (χ2n) is 7.05. The Labute approximate surface area is 167 Å². The van der Waals surface area contributed by atoms with E-state index in [1.165, 1.54) is 0 Å². The number of hydrogen-bond acceptors (Lipinski definition) is 4. The minimum Gasteiger partial charge on any atom is -0.410 e. The van der Waals surface area contributed by atoms with Gasteiger partial charge in [0, 0.05) is 31.2 Å². The Morgan fingerprint density at radius 3 is 2.52 bits per heavy atom. The lowest BCUT2D eigenvalue weighted by molar-refractivity contribution is 0.128. The van der Waals surface area contributed by atoms with Gasteiger partial charge in [0.1, 0.15) is 5.75 Å². The summed E-state index contributed by atoms with van der Waals surface area (Å²) in [4.78, 5) is 16.3. The average molecular weight is 395 g/mol. The molecule has 0 spiro atoms. The lowest BCUT2D eigenvalue weighted by Crippen LogP contribution is -2.40. The Morgan fingerprint density at radius 1 is 1.26 bits per heavy atom. The number of ether oxygens (including phenoxy) is 1. The number of aliphatic hydroxyl groups is 1. The van der Waals surface area contributed by atoms with Crippen LogP contribution in [0.15, 0.2) is 36.4 Å². The number of likely N-dealkylation sites (N-methyl/N-ethyl adjacent to an activating group) is 1. The monoisotopic (exact) mass is 394 g/mol. The zero-order valence-electron chi connectivity index (χ0n) is 16.3. The predicted molar refractivity (Wildman–Crippen MR) is 109 cm³/mol. The first kappa shape index (κ1) is 21.7. The Balaban J connectivity index is 1.75. The zero-order valence-corrected chi connectivity index (χ0v) is 17.1. The number of halogens is 1. The topological polar surface area (TPSA) is 53.0 Å². The first-order valence-corrected chi connectivity index (χ1v) is 10.1. The van der Waals surface area contributed by atoms with E-state index in [0.29, 0.717) is 23.2 Å². The van der Waals surface area contributed by atoms with Gasteiger partial charge in [-0.1, -0.05) is 30.7 Å². The van der Waals surface area contributed by atoms with Crippen molar-refractivity contribution in [2.75, 3.05) is 33.3 Å². The van der Waals surface area contributed by atoms with Gasteiger partial charge in [-0.25, -0.2) is 4.79 Å². The van der Waals surface area contributed by atoms with E-state index in [0.717, 1.165) is 38.8 Å². The molecule has 150 valence electrons. The number of allylic oxidation sites excluding steroid dienone is 1. The molecule has 27 heavy (non-hydrogen) atoms. The van der Waals surface area contributed by atoms with E-state index in [9.17, 15) is 4.79 Å². The second-order valence-corrected chi connectivity index (χ2v) is 7.48. The molecule has 1 saturated carbocycles. The van der Waals surface area contributed by atoms with Gasteiger partial charge in [-0.2, -0.15) is 0 Å². The van der Waals surface area contributed by atoms with Crippen LogP contribution in [-0.4, -0.2) is 60.3 Å². The van der Waals surface area contributed by atoms with Crippen molar-refractivity contribution in [2.45, 2.75) is 38.6 Å². The fraction of sp³-hybridized carbons (Fsp3) is 0.571. The number of aliphatic hydroxyl groups excluding tert-OH is 1. The van der Waals surface area contributed by atoms with Gasteiger partial charge in [-0.15, -0.1) is 0 Å². The van der Waals surface area contributed by atoms with Crippen LogP contribution in [0.4, 0.5) is 4.79 Å². The average Bonchev–Trinajstić information content (AvgIpc) is 2.69. The Hall–Kier alpha value is -1.56. The lowest BCUT2D eigenvalue weighted by Gasteiger charge is -2.33. The molecule has 5 nitrogen and oxygen atoms in total. The molecule has 1 aromatic carbocycles. The quantitative estimate of drug-likeness (QED) is 0.671. The summed E-state index contributed by atoms with van der Waals surface area (Å²) in [5.41, 5.74) is 0. The minimum atomic E-state index is -0.320. The highest BCUT2D eigenvalue weighted by Gasteiger charge is 2.26. The molecule has 1 aliphatic carbocycles. The van der Waals surface area contributed by atoms with E-state index in [1.54, 1.807) is 29.2 Å². The first-order chi connectivity index (χ1) is 13.0. The van der Waals surface area contributed by atoms with Crippen molar-refractivity contribution >= 4 is 17.7 Å². The van der Waals surface area contributed by atoms with Crippen LogP contribution in [0.2, 0.25) is 5.02 Å². The van der Waals surface area contributed by atoms with Crippen LogP contribution < -0.4 is 4.74 Å². The van der Waals surface area contributed by atoms with Crippen LogP contribution in [0.5, 0.6) is 5.75 Å². The van der Waals surface area contributed by atoms with Crippen molar-refractivity contribution in [3.8, 4) is 5.75 Å². The molecule has 1 N–H and O–H groups in total. The second kappa shape index (κ2) is 11.3. The highest BCUT2D eigenvalue weighted by molar-refractivity contribution is 6.30. The van der Waals surface area contributed by atoms with Gasteiger partial charge in [0.15, 0.2) is 0 Å². The minimum absolute atomic E-state index is 0.200. The highest BCUT2D eigenvalue weighted by Crippen LogP contribution is 2.28. The number of nitrogens with zero attached hydrogens (tertiary/aromatic N) is 2. The summed E-state index contributed by atoms with van der Waals surface area (Å²) in [7, 11) is 1.81. The smallest absolute Gasteiger partial charge is 0.410 e. The molecule has 6 heteroatoms. The van der Waals surface area contributed by atoms with Gasteiger partial charge in [0.2, 0.25) is 0 Å². The molecule has 1 fully saturated rings. The summed E-state index contributed by atoms with van der Waals surface area (Å²) in [5, 5.41) is 9.65. The number of carbonyl (C=O) groups is 1. The van der Waals surface area contributed by atoms with Crippen molar-refractivity contribution in [1.82, 2.24) is 9.80 Å². The molecular weight excluding hydrogens is 364 g/mol. The number of rotatable bonds is 8. The third kappa shape index (κ3) is 7.17. The van der Waals surface area contributed by atoms with Gasteiger partial charge in [0.25, 0.3) is 0 Å². The number of benzene rings is 1. The van der Waals surface area contributed by atoms with Crippen LogP contribution in [0.1, 0.15) is 32.6 Å². The van der Waals surface area contributed by atoms with E-state index in [1.807, 2.05) is 7.05 Å². The summed E-state index contributed by atoms with van der Waals surface area (Å²) in [6.07, 6.45) is 8.30. The van der Waals surface area contributed by atoms with Gasteiger partial charge in [-0.05, 0) is 62.4 Å². The van der Waals surface area contributed by atoms with E-state index in [-0.39, 0.29) is 18.7 Å². The van der Waals surface area contributed by atoms with Crippen LogP contribution >= 0.6 is 11.6 Å². The normalized spacial score (nSPS) is 20.2. The molecule has 1 amide bonds. The SMILES string of the molecule is CCN(CC=CC1CCC(N(C)C(=O)Oc2ccc(Cl)cc2)CC1)CCO. The summed E-state index contributed by atoms with van der Waals surface area (Å²) in [6, 6.07) is 7.04. The molecule has 0 atom stereocenters. The maximum absolute atomic E-state index is 12.4. The van der Waals surface area contributed by atoms with Crippen LogP contribution in [0, 0.1) is 5.92 Å². The predicted octanol–water partition coefficient (Wildman–Crippen LogP) is 4.20. The van der Waals surface area contributed by atoms with Crippen LogP contribution in [-0.2, 0) is 0 Å². The van der Waals surface area contributed by atoms with E-state index in [4.69, 9.17) is 21.4 Å². The molecule has 0 radical (unpaired) electrons. The Kier molecular flexibility index (Phi) is 9.11. The summed E-state index contributed by atoms with van der Waals surface area (Å²) in [5.74, 6) is 1.07. The number of carbonyl (C=O) groups excluding carboxylic acids is 1. The summed E-state index contributed by atoms with van der Waals surface area (Å²) >= 11 is 5.85. The van der Waals surface area contributed by atoms with Crippen molar-refractivity contribution in [3.63, 3.8) is 0 Å². The van der Waals surface area contributed by atoms with Crippen molar-refractivity contribution in [3.05, 3.63) is 41.4 Å². The maximum atomic E-state index is 12.4. The lowest BCUT2D eigenvalue weighted by atomic mass is 9.85. The molecule has 0 bridgehead atoms. The van der Waals surface area contributed by atoms with Crippen molar-refractivity contribution < 1.29 is 14.6 Å². The highest BCUT2D eigenvalue weighted by atomic mass is 35.5. The molecule has 1 aliphatic rings. The van der Waals surface area contributed by atoms with Gasteiger partial charge >= 0.3 is 6.09 Å².